The average Bonchev–Trinajstić information content (AvgIpc) is 2.52. The molecule has 0 aliphatic heterocycles. The zero-order chi connectivity index (χ0) is 15.9. The number of nitrogens with one attached hydrogen (secondary N) is 1. The number of rotatable bonds is 5. The highest BCUT2D eigenvalue weighted by molar-refractivity contribution is 9.10. The van der Waals surface area contributed by atoms with Gasteiger partial charge >= 0.3 is 5.97 Å². The van der Waals surface area contributed by atoms with Crippen molar-refractivity contribution in [2.24, 2.45) is 0 Å². The highest BCUT2D eigenvalue weighted by Crippen LogP contribution is 2.17. The Balaban J connectivity index is 1.80. The van der Waals surface area contributed by atoms with Gasteiger partial charge in [0.05, 0.1) is 17.7 Å². The molecule has 0 aliphatic carbocycles. The van der Waals surface area contributed by atoms with Crippen LogP contribution < -0.4 is 5.32 Å². The Hall–Kier alpha value is -1.66. The van der Waals surface area contributed by atoms with Crippen LogP contribution in [0, 0.1) is 0 Å². The number of benzene rings is 2. The van der Waals surface area contributed by atoms with E-state index in [2.05, 4.69) is 37.2 Å². The zero-order valence-electron chi connectivity index (χ0n) is 11.5. The summed E-state index contributed by atoms with van der Waals surface area (Å²) < 4.78 is 6.53. The number of ether oxygens (including phenoxy) is 1. The third kappa shape index (κ3) is 4.42. The van der Waals surface area contributed by atoms with Gasteiger partial charge in [0.2, 0.25) is 0 Å². The number of hydrogen-bond donors (Lipinski definition) is 1. The van der Waals surface area contributed by atoms with Gasteiger partial charge in [0.1, 0.15) is 6.61 Å². The third-order valence-corrected chi connectivity index (χ3v) is 4.22. The Morgan fingerprint density at radius 1 is 0.909 bits per heavy atom. The van der Waals surface area contributed by atoms with Crippen molar-refractivity contribution in [3.63, 3.8) is 0 Å². The second-order valence-corrected chi connectivity index (χ2v) is 6.06. The van der Waals surface area contributed by atoms with Crippen LogP contribution in [0.5, 0.6) is 0 Å². The summed E-state index contributed by atoms with van der Waals surface area (Å²) in [6.45, 7) is 0.354. The molecule has 6 heteroatoms. The van der Waals surface area contributed by atoms with E-state index in [1.807, 2.05) is 12.1 Å². The summed E-state index contributed by atoms with van der Waals surface area (Å²) >= 11 is 6.61. The molecule has 0 radical (unpaired) electrons. The van der Waals surface area contributed by atoms with Crippen LogP contribution in [0.15, 0.2) is 57.5 Å². The topological polar surface area (TPSA) is 55.4 Å². The molecule has 0 saturated heterocycles. The Bertz CT molecular complexity index is 629. The molecule has 2 aromatic carbocycles. The van der Waals surface area contributed by atoms with E-state index < -0.39 is 5.97 Å². The van der Waals surface area contributed by atoms with Crippen LogP contribution in [-0.2, 0) is 4.74 Å². The Morgan fingerprint density at radius 2 is 1.45 bits per heavy atom. The summed E-state index contributed by atoms with van der Waals surface area (Å²) in [5.74, 6) is -0.646. The summed E-state index contributed by atoms with van der Waals surface area (Å²) in [5, 5.41) is 2.70. The van der Waals surface area contributed by atoms with E-state index in [4.69, 9.17) is 4.74 Å². The van der Waals surface area contributed by atoms with Crippen LogP contribution in [-0.4, -0.2) is 25.0 Å². The molecule has 1 amide bonds. The van der Waals surface area contributed by atoms with E-state index in [0.717, 1.165) is 4.47 Å². The number of halogens is 2. The third-order valence-electron chi connectivity index (χ3n) is 2.83. The normalized spacial score (nSPS) is 10.1. The molecule has 2 aromatic rings. The van der Waals surface area contributed by atoms with Gasteiger partial charge in [0, 0.05) is 8.95 Å². The largest absolute Gasteiger partial charge is 0.460 e. The summed E-state index contributed by atoms with van der Waals surface area (Å²) in [5.41, 5.74) is 0.999. The number of amides is 1. The molecule has 1 N–H and O–H groups in total. The fourth-order valence-corrected chi connectivity index (χ4v) is 2.66. The fraction of sp³-hybridized carbons (Fsp3) is 0.125. The van der Waals surface area contributed by atoms with Crippen molar-refractivity contribution in [1.82, 2.24) is 5.32 Å². The molecule has 0 atom stereocenters. The molecule has 114 valence electrons. The van der Waals surface area contributed by atoms with Crippen molar-refractivity contribution in [3.8, 4) is 0 Å². The minimum Gasteiger partial charge on any atom is -0.460 e. The van der Waals surface area contributed by atoms with E-state index >= 15 is 0 Å². The van der Waals surface area contributed by atoms with E-state index in [0.29, 0.717) is 15.6 Å². The highest BCUT2D eigenvalue weighted by atomic mass is 79.9. The molecule has 4 nitrogen and oxygen atoms in total. The van der Waals surface area contributed by atoms with Gasteiger partial charge in [-0.1, -0.05) is 24.3 Å². The van der Waals surface area contributed by atoms with E-state index in [9.17, 15) is 9.59 Å². The first kappa shape index (κ1) is 16.7. The van der Waals surface area contributed by atoms with Crippen molar-refractivity contribution in [2.45, 2.75) is 0 Å². The number of esters is 1. The average molecular weight is 427 g/mol. The Labute approximate surface area is 145 Å². The van der Waals surface area contributed by atoms with E-state index in [1.54, 1.807) is 36.4 Å². The summed E-state index contributed by atoms with van der Waals surface area (Å²) in [7, 11) is 0. The van der Waals surface area contributed by atoms with Crippen LogP contribution >= 0.6 is 31.9 Å². The van der Waals surface area contributed by atoms with Crippen LogP contribution in [0.2, 0.25) is 0 Å². The standard InChI is InChI=1S/C16H13Br2NO3/c17-13-7-3-1-5-11(13)15(20)19-9-10-22-16(21)12-6-2-4-8-14(12)18/h1-8H,9-10H2,(H,19,20). The molecule has 0 aromatic heterocycles. The van der Waals surface area contributed by atoms with Crippen LogP contribution in [0.4, 0.5) is 0 Å². The van der Waals surface area contributed by atoms with Crippen molar-refractivity contribution in [2.75, 3.05) is 13.2 Å². The van der Waals surface area contributed by atoms with Gasteiger partial charge in [-0.2, -0.15) is 0 Å². The van der Waals surface area contributed by atoms with Gasteiger partial charge in [-0.25, -0.2) is 4.79 Å². The molecule has 0 spiro atoms. The lowest BCUT2D eigenvalue weighted by Crippen LogP contribution is -2.28. The smallest absolute Gasteiger partial charge is 0.339 e. The van der Waals surface area contributed by atoms with Gasteiger partial charge in [-0.3, -0.25) is 4.79 Å². The van der Waals surface area contributed by atoms with Crippen LogP contribution in [0.3, 0.4) is 0 Å². The van der Waals surface area contributed by atoms with E-state index in [-0.39, 0.29) is 19.1 Å². The zero-order valence-corrected chi connectivity index (χ0v) is 14.7. The van der Waals surface area contributed by atoms with Crippen molar-refractivity contribution >= 4 is 43.7 Å². The van der Waals surface area contributed by atoms with Gasteiger partial charge in [-0.15, -0.1) is 0 Å². The molecule has 2 rings (SSSR count). The monoisotopic (exact) mass is 425 g/mol. The molecule has 0 heterocycles. The van der Waals surface area contributed by atoms with Crippen LogP contribution in [0.1, 0.15) is 20.7 Å². The summed E-state index contributed by atoms with van der Waals surface area (Å²) in [6, 6.07) is 14.1. The Morgan fingerprint density at radius 3 is 2.05 bits per heavy atom. The maximum absolute atomic E-state index is 11.9. The molecular formula is C16H13Br2NO3. The Kier molecular flexibility index (Phi) is 6.15. The molecule has 0 fully saturated rings. The van der Waals surface area contributed by atoms with Gasteiger partial charge in [-0.05, 0) is 56.1 Å². The van der Waals surface area contributed by atoms with Crippen LogP contribution in [0.25, 0.3) is 0 Å². The molecule has 0 unspecified atom stereocenters. The second kappa shape index (κ2) is 8.10. The molecule has 0 saturated carbocycles. The minimum absolute atomic E-state index is 0.108. The first-order valence-corrected chi connectivity index (χ1v) is 8.12. The molecule has 0 aliphatic rings. The molecule has 22 heavy (non-hydrogen) atoms. The van der Waals surface area contributed by atoms with Crippen molar-refractivity contribution in [1.29, 1.82) is 0 Å². The first-order chi connectivity index (χ1) is 10.6. The predicted octanol–water partition coefficient (Wildman–Crippen LogP) is 3.80. The SMILES string of the molecule is O=C(NCCOC(=O)c1ccccc1Br)c1ccccc1Br. The summed E-state index contributed by atoms with van der Waals surface area (Å²) in [6.07, 6.45) is 0. The highest BCUT2D eigenvalue weighted by Gasteiger charge is 2.11. The van der Waals surface area contributed by atoms with Gasteiger partial charge in [0.15, 0.2) is 0 Å². The first-order valence-electron chi connectivity index (χ1n) is 6.54. The molecule has 0 bridgehead atoms. The lowest BCUT2D eigenvalue weighted by atomic mass is 10.2. The summed E-state index contributed by atoms with van der Waals surface area (Å²) in [4.78, 5) is 23.8. The lowest BCUT2D eigenvalue weighted by molar-refractivity contribution is 0.0502. The second-order valence-electron chi connectivity index (χ2n) is 4.35. The molecular weight excluding hydrogens is 414 g/mol. The number of carbonyl (C=O) groups is 2. The maximum Gasteiger partial charge on any atom is 0.339 e. The quantitative estimate of drug-likeness (QED) is 0.584. The van der Waals surface area contributed by atoms with Crippen molar-refractivity contribution < 1.29 is 14.3 Å². The maximum atomic E-state index is 11.9. The van der Waals surface area contributed by atoms with Crippen molar-refractivity contribution in [3.05, 3.63) is 68.6 Å². The minimum atomic E-state index is -0.428. The lowest BCUT2D eigenvalue weighted by Gasteiger charge is -2.08. The van der Waals surface area contributed by atoms with Gasteiger partial charge < -0.3 is 10.1 Å². The van der Waals surface area contributed by atoms with Gasteiger partial charge in [0.25, 0.3) is 5.91 Å². The number of carbonyl (C=O) groups excluding carboxylic acids is 2. The fourth-order valence-electron chi connectivity index (χ4n) is 1.75. The van der Waals surface area contributed by atoms with E-state index in [1.165, 1.54) is 0 Å². The predicted molar refractivity (Wildman–Crippen MR) is 90.9 cm³/mol. The number of hydrogen-bond acceptors (Lipinski definition) is 3.